The SMILES string of the molecule is CC(C)CCCCNC[C@H](O)C(=O)[C@H](O)CCO. The van der Waals surface area contributed by atoms with Crippen LogP contribution in [0.5, 0.6) is 0 Å². The Kier molecular flexibility index (Phi) is 10.2. The summed E-state index contributed by atoms with van der Waals surface area (Å²) < 4.78 is 0. The summed E-state index contributed by atoms with van der Waals surface area (Å²) in [5, 5.41) is 30.4. The minimum Gasteiger partial charge on any atom is -0.396 e. The number of ketones is 1. The molecule has 0 aliphatic carbocycles. The molecule has 108 valence electrons. The van der Waals surface area contributed by atoms with Gasteiger partial charge in [0.1, 0.15) is 12.2 Å². The maximum atomic E-state index is 11.4. The van der Waals surface area contributed by atoms with Crippen molar-refractivity contribution >= 4 is 5.78 Å². The third-order valence-corrected chi connectivity index (χ3v) is 2.78. The fraction of sp³-hybridized carbons (Fsp3) is 0.923. The van der Waals surface area contributed by atoms with Crippen LogP contribution in [0.4, 0.5) is 0 Å². The lowest BCUT2D eigenvalue weighted by molar-refractivity contribution is -0.136. The number of nitrogens with one attached hydrogen (secondary N) is 1. The first-order valence-corrected chi connectivity index (χ1v) is 6.70. The van der Waals surface area contributed by atoms with Crippen molar-refractivity contribution in [1.29, 1.82) is 0 Å². The molecular weight excluding hydrogens is 234 g/mol. The molecule has 0 fully saturated rings. The van der Waals surface area contributed by atoms with Gasteiger partial charge in [-0.05, 0) is 18.9 Å². The van der Waals surface area contributed by atoms with E-state index in [2.05, 4.69) is 19.2 Å². The third kappa shape index (κ3) is 8.58. The Bertz CT molecular complexity index is 221. The number of unbranched alkanes of at least 4 members (excludes halogenated alkanes) is 1. The largest absolute Gasteiger partial charge is 0.396 e. The van der Waals surface area contributed by atoms with Crippen molar-refractivity contribution in [3.05, 3.63) is 0 Å². The van der Waals surface area contributed by atoms with E-state index in [9.17, 15) is 15.0 Å². The molecule has 0 bridgehead atoms. The average molecular weight is 261 g/mol. The lowest BCUT2D eigenvalue weighted by atomic mass is 10.1. The van der Waals surface area contributed by atoms with Crippen LogP contribution in [0.25, 0.3) is 0 Å². The van der Waals surface area contributed by atoms with Gasteiger partial charge in [0, 0.05) is 19.6 Å². The fourth-order valence-electron chi connectivity index (χ4n) is 1.63. The van der Waals surface area contributed by atoms with Crippen molar-refractivity contribution in [2.24, 2.45) is 5.92 Å². The Morgan fingerprint density at radius 1 is 1.11 bits per heavy atom. The Labute approximate surface area is 109 Å². The summed E-state index contributed by atoms with van der Waals surface area (Å²) in [5.41, 5.74) is 0. The van der Waals surface area contributed by atoms with E-state index in [1.54, 1.807) is 0 Å². The molecule has 0 aromatic heterocycles. The minimum atomic E-state index is -1.27. The van der Waals surface area contributed by atoms with Crippen LogP contribution in [-0.4, -0.2) is 53.0 Å². The lowest BCUT2D eigenvalue weighted by Gasteiger charge is -2.14. The van der Waals surface area contributed by atoms with Gasteiger partial charge in [0.05, 0.1) is 0 Å². The molecule has 0 rings (SSSR count). The third-order valence-electron chi connectivity index (χ3n) is 2.78. The number of hydrogen-bond acceptors (Lipinski definition) is 5. The van der Waals surface area contributed by atoms with E-state index in [1.165, 1.54) is 6.42 Å². The second-order valence-electron chi connectivity index (χ2n) is 5.04. The normalized spacial score (nSPS) is 14.8. The standard InChI is InChI=1S/C13H27NO4/c1-10(2)5-3-4-7-14-9-12(17)13(18)11(16)6-8-15/h10-12,14-17H,3-9H2,1-2H3/t11-,12+/m1/s1. The summed E-state index contributed by atoms with van der Waals surface area (Å²) in [6.45, 7) is 5.01. The van der Waals surface area contributed by atoms with E-state index in [0.29, 0.717) is 5.92 Å². The molecule has 0 aromatic rings. The Balaban J connectivity index is 3.57. The van der Waals surface area contributed by atoms with Gasteiger partial charge in [-0.3, -0.25) is 4.79 Å². The molecule has 5 heteroatoms. The van der Waals surface area contributed by atoms with E-state index >= 15 is 0 Å². The zero-order chi connectivity index (χ0) is 14.0. The van der Waals surface area contributed by atoms with Crippen LogP contribution < -0.4 is 5.32 Å². The highest BCUT2D eigenvalue weighted by atomic mass is 16.3. The van der Waals surface area contributed by atoms with Crippen molar-refractivity contribution in [3.63, 3.8) is 0 Å². The van der Waals surface area contributed by atoms with Crippen molar-refractivity contribution < 1.29 is 20.1 Å². The van der Waals surface area contributed by atoms with Crippen LogP contribution in [0.1, 0.15) is 39.5 Å². The van der Waals surface area contributed by atoms with Gasteiger partial charge in [-0.2, -0.15) is 0 Å². The smallest absolute Gasteiger partial charge is 0.190 e. The lowest BCUT2D eigenvalue weighted by Crippen LogP contribution is -2.40. The Hall–Kier alpha value is -0.490. The predicted molar refractivity (Wildman–Crippen MR) is 70.3 cm³/mol. The van der Waals surface area contributed by atoms with Gasteiger partial charge in [-0.1, -0.05) is 26.7 Å². The second kappa shape index (κ2) is 10.4. The summed E-state index contributed by atoms with van der Waals surface area (Å²) in [6, 6.07) is 0. The van der Waals surface area contributed by atoms with Crippen LogP contribution in [-0.2, 0) is 4.79 Å². The molecular formula is C13H27NO4. The molecule has 0 heterocycles. The number of rotatable bonds is 11. The van der Waals surface area contributed by atoms with E-state index in [0.717, 1.165) is 19.4 Å². The predicted octanol–water partition coefficient (Wildman–Crippen LogP) is 0.0756. The molecule has 5 nitrogen and oxygen atoms in total. The van der Waals surface area contributed by atoms with E-state index in [1.807, 2.05) is 0 Å². The molecule has 2 atom stereocenters. The highest BCUT2D eigenvalue weighted by molar-refractivity contribution is 5.87. The highest BCUT2D eigenvalue weighted by Crippen LogP contribution is 2.05. The first-order chi connectivity index (χ1) is 8.49. The van der Waals surface area contributed by atoms with Crippen molar-refractivity contribution in [2.75, 3.05) is 19.7 Å². The van der Waals surface area contributed by atoms with Gasteiger partial charge >= 0.3 is 0 Å². The Morgan fingerprint density at radius 3 is 2.33 bits per heavy atom. The molecule has 0 saturated heterocycles. The maximum Gasteiger partial charge on any atom is 0.190 e. The maximum absolute atomic E-state index is 11.4. The molecule has 4 N–H and O–H groups in total. The number of carbonyl (C=O) groups is 1. The summed E-state index contributed by atoms with van der Waals surface area (Å²) >= 11 is 0. The summed E-state index contributed by atoms with van der Waals surface area (Å²) in [4.78, 5) is 11.4. The minimum absolute atomic E-state index is 0.0235. The van der Waals surface area contributed by atoms with E-state index in [-0.39, 0.29) is 19.6 Å². The number of aliphatic hydroxyl groups excluding tert-OH is 3. The van der Waals surface area contributed by atoms with Gasteiger partial charge in [0.25, 0.3) is 0 Å². The highest BCUT2D eigenvalue weighted by Gasteiger charge is 2.22. The van der Waals surface area contributed by atoms with E-state index < -0.39 is 18.0 Å². The first kappa shape index (κ1) is 17.5. The van der Waals surface area contributed by atoms with Gasteiger partial charge < -0.3 is 20.6 Å². The molecule has 0 spiro atoms. The zero-order valence-electron chi connectivity index (χ0n) is 11.4. The molecule has 0 aliphatic rings. The monoisotopic (exact) mass is 261 g/mol. The molecule has 0 unspecified atom stereocenters. The van der Waals surface area contributed by atoms with Gasteiger partial charge in [-0.25, -0.2) is 0 Å². The van der Waals surface area contributed by atoms with E-state index in [4.69, 9.17) is 5.11 Å². The number of hydrogen-bond donors (Lipinski definition) is 4. The summed E-state index contributed by atoms with van der Waals surface area (Å²) in [6.07, 6.45) is 0.826. The number of aliphatic hydroxyl groups is 3. The van der Waals surface area contributed by atoms with Gasteiger partial charge in [-0.15, -0.1) is 0 Å². The van der Waals surface area contributed by atoms with Crippen LogP contribution in [0.3, 0.4) is 0 Å². The fourth-order valence-corrected chi connectivity index (χ4v) is 1.63. The topological polar surface area (TPSA) is 89.8 Å². The second-order valence-corrected chi connectivity index (χ2v) is 5.04. The van der Waals surface area contributed by atoms with Gasteiger partial charge in [0.2, 0.25) is 0 Å². The zero-order valence-corrected chi connectivity index (χ0v) is 11.4. The number of carbonyl (C=O) groups excluding carboxylic acids is 1. The van der Waals surface area contributed by atoms with Crippen LogP contribution in [0.2, 0.25) is 0 Å². The summed E-state index contributed by atoms with van der Waals surface area (Å²) in [5.74, 6) is 0.0736. The molecule has 0 amide bonds. The average Bonchev–Trinajstić information content (AvgIpc) is 2.32. The van der Waals surface area contributed by atoms with Gasteiger partial charge in [0.15, 0.2) is 5.78 Å². The molecule has 0 radical (unpaired) electrons. The molecule has 0 saturated carbocycles. The van der Waals surface area contributed by atoms with Crippen LogP contribution in [0, 0.1) is 5.92 Å². The summed E-state index contributed by atoms with van der Waals surface area (Å²) in [7, 11) is 0. The van der Waals surface area contributed by atoms with Crippen molar-refractivity contribution in [1.82, 2.24) is 5.32 Å². The quantitative estimate of drug-likeness (QED) is 0.395. The first-order valence-electron chi connectivity index (χ1n) is 6.70. The molecule has 18 heavy (non-hydrogen) atoms. The van der Waals surface area contributed by atoms with Crippen molar-refractivity contribution in [3.8, 4) is 0 Å². The molecule has 0 aliphatic heterocycles. The van der Waals surface area contributed by atoms with Crippen LogP contribution >= 0.6 is 0 Å². The van der Waals surface area contributed by atoms with Crippen molar-refractivity contribution in [2.45, 2.75) is 51.7 Å². The number of Topliss-reactive ketones (excluding diaryl/α,β-unsaturated/α-hetero) is 1. The molecule has 0 aromatic carbocycles. The Morgan fingerprint density at radius 2 is 1.78 bits per heavy atom. The van der Waals surface area contributed by atoms with Crippen LogP contribution in [0.15, 0.2) is 0 Å².